The van der Waals surface area contributed by atoms with E-state index in [0.717, 1.165) is 23.5 Å². The number of benzene rings is 2. The topological polar surface area (TPSA) is 92.3 Å². The van der Waals surface area contributed by atoms with Crippen molar-refractivity contribution in [2.75, 3.05) is 13.4 Å². The number of hydrogen-bond acceptors (Lipinski definition) is 8. The number of furan rings is 1. The lowest BCUT2D eigenvalue weighted by Crippen LogP contribution is -2.39. The Morgan fingerprint density at radius 2 is 1.95 bits per heavy atom. The van der Waals surface area contributed by atoms with Gasteiger partial charge >= 0.3 is 12.1 Å². The van der Waals surface area contributed by atoms with Crippen LogP contribution in [0.1, 0.15) is 36.8 Å². The third-order valence-corrected chi connectivity index (χ3v) is 7.59. The smallest absolute Gasteiger partial charge is 0.416 e. The molecule has 6 rings (SSSR count). The number of esters is 1. The van der Waals surface area contributed by atoms with Crippen molar-refractivity contribution >= 4 is 23.4 Å². The molecule has 8 nitrogen and oxygen atoms in total. The van der Waals surface area contributed by atoms with Crippen LogP contribution in [0.25, 0.3) is 17.4 Å². The number of alkyl halides is 3. The number of hydrogen-bond donors (Lipinski definition) is 0. The molecule has 12 heteroatoms. The quantitative estimate of drug-likeness (QED) is 0.314. The van der Waals surface area contributed by atoms with Crippen molar-refractivity contribution in [1.82, 2.24) is 4.57 Å². The van der Waals surface area contributed by atoms with Crippen molar-refractivity contribution in [3.63, 3.8) is 0 Å². The Morgan fingerprint density at radius 3 is 2.73 bits per heavy atom. The summed E-state index contributed by atoms with van der Waals surface area (Å²) in [6.45, 7) is 3.57. The van der Waals surface area contributed by atoms with E-state index in [2.05, 4.69) is 4.99 Å². The lowest BCUT2D eigenvalue weighted by atomic mass is 9.95. The molecule has 1 atom stereocenters. The zero-order valence-corrected chi connectivity index (χ0v) is 22.5. The Morgan fingerprint density at radius 1 is 1.15 bits per heavy atom. The maximum Gasteiger partial charge on any atom is 0.416 e. The Bertz CT molecular complexity index is 1900. The van der Waals surface area contributed by atoms with Crippen LogP contribution in [-0.2, 0) is 15.7 Å². The largest absolute Gasteiger partial charge is 0.463 e. The van der Waals surface area contributed by atoms with Crippen LogP contribution in [-0.4, -0.2) is 23.9 Å². The molecule has 2 aromatic heterocycles. The first-order chi connectivity index (χ1) is 19.6. The second kappa shape index (κ2) is 10.1. The fraction of sp³-hybridized carbons (Fsp3) is 0.207. The summed E-state index contributed by atoms with van der Waals surface area (Å²) in [5.74, 6) is 0.925. The van der Waals surface area contributed by atoms with Gasteiger partial charge in [-0.2, -0.15) is 13.2 Å². The van der Waals surface area contributed by atoms with E-state index < -0.39 is 29.3 Å². The summed E-state index contributed by atoms with van der Waals surface area (Å²) in [4.78, 5) is 31.7. The van der Waals surface area contributed by atoms with Gasteiger partial charge in [0.05, 0.1) is 34.0 Å². The molecule has 0 radical (unpaired) electrons. The van der Waals surface area contributed by atoms with Gasteiger partial charge in [-0.1, -0.05) is 29.5 Å². The first-order valence-corrected chi connectivity index (χ1v) is 13.3. The van der Waals surface area contributed by atoms with E-state index in [0.29, 0.717) is 27.6 Å². The zero-order chi connectivity index (χ0) is 28.9. The van der Waals surface area contributed by atoms with E-state index in [9.17, 15) is 22.8 Å². The second-order valence-corrected chi connectivity index (χ2v) is 10.2. The van der Waals surface area contributed by atoms with E-state index in [4.69, 9.17) is 18.6 Å². The van der Waals surface area contributed by atoms with E-state index >= 15 is 0 Å². The van der Waals surface area contributed by atoms with Gasteiger partial charge in [-0.25, -0.2) is 9.79 Å². The number of thiazole rings is 1. The van der Waals surface area contributed by atoms with Crippen LogP contribution in [0.2, 0.25) is 0 Å². The maximum absolute atomic E-state index is 13.8. The Balaban J connectivity index is 1.45. The summed E-state index contributed by atoms with van der Waals surface area (Å²) >= 11 is 1.10. The lowest BCUT2D eigenvalue weighted by Gasteiger charge is -2.24. The number of allylic oxidation sites excluding steroid dienone is 1. The molecule has 0 aliphatic carbocycles. The molecule has 0 amide bonds. The van der Waals surface area contributed by atoms with Gasteiger partial charge < -0.3 is 18.6 Å². The Labute approximate surface area is 234 Å². The van der Waals surface area contributed by atoms with Gasteiger partial charge in [-0.15, -0.1) is 0 Å². The van der Waals surface area contributed by atoms with Crippen LogP contribution < -0.4 is 24.4 Å². The van der Waals surface area contributed by atoms with Crippen molar-refractivity contribution in [3.05, 3.63) is 102 Å². The van der Waals surface area contributed by atoms with Gasteiger partial charge in [0, 0.05) is 11.6 Å². The van der Waals surface area contributed by atoms with Crippen LogP contribution in [0.15, 0.2) is 80.1 Å². The Hall–Kier alpha value is -4.58. The molecule has 0 bridgehead atoms. The van der Waals surface area contributed by atoms with E-state index in [1.807, 2.05) is 0 Å². The number of halogens is 3. The van der Waals surface area contributed by atoms with Crippen LogP contribution in [0.3, 0.4) is 0 Å². The molecule has 210 valence electrons. The highest BCUT2D eigenvalue weighted by Crippen LogP contribution is 2.38. The maximum atomic E-state index is 13.8. The number of carbonyl (C=O) groups is 1. The molecule has 0 saturated carbocycles. The molecule has 0 unspecified atom stereocenters. The molecule has 41 heavy (non-hydrogen) atoms. The first-order valence-electron chi connectivity index (χ1n) is 12.5. The minimum Gasteiger partial charge on any atom is -0.463 e. The summed E-state index contributed by atoms with van der Waals surface area (Å²) in [5, 5.41) is 0. The van der Waals surface area contributed by atoms with Gasteiger partial charge in [0.25, 0.3) is 5.56 Å². The van der Waals surface area contributed by atoms with E-state index in [1.165, 1.54) is 28.8 Å². The molecule has 2 aromatic carbocycles. The molecule has 0 saturated heterocycles. The van der Waals surface area contributed by atoms with Gasteiger partial charge in [-0.3, -0.25) is 9.36 Å². The lowest BCUT2D eigenvalue weighted by molar-refractivity contribution is -0.139. The van der Waals surface area contributed by atoms with Gasteiger partial charge in [0.15, 0.2) is 16.3 Å². The highest BCUT2D eigenvalue weighted by molar-refractivity contribution is 7.07. The number of nitrogens with zero attached hydrogens (tertiary/aromatic N) is 2. The number of aromatic nitrogens is 1. The number of ether oxygens (including phenoxy) is 3. The zero-order valence-electron chi connectivity index (χ0n) is 21.7. The van der Waals surface area contributed by atoms with Crippen LogP contribution in [0.4, 0.5) is 13.2 Å². The summed E-state index contributed by atoms with van der Waals surface area (Å²) in [5.41, 5.74) is 0.251. The number of carbonyl (C=O) groups excluding carboxylic acids is 1. The molecule has 0 fully saturated rings. The molecular weight excluding hydrogens is 561 g/mol. The van der Waals surface area contributed by atoms with Gasteiger partial charge in [0.1, 0.15) is 11.5 Å². The normalized spacial score (nSPS) is 16.5. The number of fused-ring (bicyclic) bond motifs is 2. The predicted octanol–water partition coefficient (Wildman–Crippen LogP) is 4.81. The average Bonchev–Trinajstić information content (AvgIpc) is 3.67. The van der Waals surface area contributed by atoms with Crippen molar-refractivity contribution in [1.29, 1.82) is 0 Å². The summed E-state index contributed by atoms with van der Waals surface area (Å²) in [6, 6.07) is 12.2. The molecular formula is C29H21F3N2O6S. The Kier molecular flexibility index (Phi) is 6.57. The highest BCUT2D eigenvalue weighted by atomic mass is 32.1. The monoisotopic (exact) mass is 582 g/mol. The molecule has 4 aromatic rings. The van der Waals surface area contributed by atoms with Crippen molar-refractivity contribution < 1.29 is 36.6 Å². The fourth-order valence-corrected chi connectivity index (χ4v) is 5.78. The van der Waals surface area contributed by atoms with Crippen molar-refractivity contribution in [2.45, 2.75) is 26.1 Å². The third kappa shape index (κ3) is 4.84. The molecule has 0 N–H and O–H groups in total. The summed E-state index contributed by atoms with van der Waals surface area (Å²) in [6.07, 6.45) is -2.99. The molecule has 2 aliphatic heterocycles. The minimum atomic E-state index is -4.49. The van der Waals surface area contributed by atoms with E-state index in [1.54, 1.807) is 38.1 Å². The first kappa shape index (κ1) is 26.6. The van der Waals surface area contributed by atoms with Crippen molar-refractivity contribution in [3.8, 4) is 22.8 Å². The van der Waals surface area contributed by atoms with E-state index in [-0.39, 0.29) is 40.6 Å². The standard InChI is InChI=1S/C29H21F3N2O6S/c1-3-37-27(36)24-15(2)33-28-34(25(24)17-7-9-21-22(12-17)39-14-38-21)26(35)23(41-28)13-19-8-10-20(40-19)16-5-4-6-18(11-16)29(30,31)32/h4-13,25H,3,14H2,1-2H3/b23-13-/t25-/m0/s1. The van der Waals surface area contributed by atoms with Crippen molar-refractivity contribution in [2.24, 2.45) is 4.99 Å². The predicted molar refractivity (Wildman–Crippen MR) is 142 cm³/mol. The van der Waals surface area contributed by atoms with Crippen LogP contribution in [0, 0.1) is 0 Å². The highest BCUT2D eigenvalue weighted by Gasteiger charge is 2.34. The second-order valence-electron chi connectivity index (χ2n) is 9.20. The third-order valence-electron chi connectivity index (χ3n) is 6.60. The molecule has 4 heterocycles. The number of rotatable bonds is 5. The average molecular weight is 583 g/mol. The van der Waals surface area contributed by atoms with Crippen LogP contribution >= 0.6 is 11.3 Å². The fourth-order valence-electron chi connectivity index (χ4n) is 4.75. The van der Waals surface area contributed by atoms with Crippen LogP contribution in [0.5, 0.6) is 11.5 Å². The van der Waals surface area contributed by atoms with Gasteiger partial charge in [0.2, 0.25) is 6.79 Å². The molecule has 2 aliphatic rings. The van der Waals surface area contributed by atoms with Gasteiger partial charge in [-0.05, 0) is 55.8 Å². The summed E-state index contributed by atoms with van der Waals surface area (Å²) in [7, 11) is 0. The summed E-state index contributed by atoms with van der Waals surface area (Å²) < 4.78 is 63.2. The molecule has 0 spiro atoms. The minimum absolute atomic E-state index is 0.0623. The SMILES string of the molecule is CCOC(=O)C1=C(C)N=c2s/c(=C\c3ccc(-c4cccc(C(F)(F)F)c4)o3)c(=O)n2[C@H]1c1ccc2c(c1)OCO2.